The molecule has 0 atom stereocenters. The Kier molecular flexibility index (Phi) is 3.56. The Hall–Kier alpha value is -1.65. The maximum Gasteiger partial charge on any atom is 0.162 e. The molecule has 17 heavy (non-hydrogen) atoms. The minimum atomic E-state index is 0.0619. The van der Waals surface area contributed by atoms with Gasteiger partial charge in [0.05, 0.1) is 11.8 Å². The first-order valence-electron chi connectivity index (χ1n) is 6.13. The Morgan fingerprint density at radius 3 is 2.94 bits per heavy atom. The lowest BCUT2D eigenvalue weighted by atomic mass is 10.2. The van der Waals surface area contributed by atoms with E-state index in [1.807, 2.05) is 0 Å². The molecule has 0 unspecified atom stereocenters. The minimum absolute atomic E-state index is 0.0619. The number of nitrogens with two attached hydrogens (primary N) is 1. The first kappa shape index (κ1) is 11.8. The van der Waals surface area contributed by atoms with Crippen molar-refractivity contribution in [1.82, 2.24) is 10.2 Å². The van der Waals surface area contributed by atoms with E-state index in [4.69, 9.17) is 11.1 Å². The van der Waals surface area contributed by atoms with Crippen molar-refractivity contribution >= 4 is 11.7 Å². The molecule has 0 saturated heterocycles. The van der Waals surface area contributed by atoms with Gasteiger partial charge in [-0.25, -0.2) is 0 Å². The summed E-state index contributed by atoms with van der Waals surface area (Å²) in [6, 6.07) is 1.76. The van der Waals surface area contributed by atoms with Crippen molar-refractivity contribution in [2.75, 3.05) is 18.0 Å². The number of amidine groups is 1. The molecular formula is C12H19N5. The van der Waals surface area contributed by atoms with Crippen LogP contribution in [-0.4, -0.2) is 29.1 Å². The van der Waals surface area contributed by atoms with Gasteiger partial charge in [-0.15, -0.1) is 5.10 Å². The molecule has 0 radical (unpaired) electrons. The molecule has 3 N–H and O–H groups in total. The van der Waals surface area contributed by atoms with Gasteiger partial charge in [-0.2, -0.15) is 5.10 Å². The molecule has 1 heterocycles. The first-order chi connectivity index (χ1) is 8.22. The van der Waals surface area contributed by atoms with E-state index in [0.29, 0.717) is 5.56 Å². The SMILES string of the molecule is CCCN(CC1CC1)c1nnccc1C(=N)N. The second-order valence-electron chi connectivity index (χ2n) is 4.57. The molecule has 0 aromatic carbocycles. The van der Waals surface area contributed by atoms with Crippen molar-refractivity contribution in [3.05, 3.63) is 17.8 Å². The molecule has 2 rings (SSSR count). The highest BCUT2D eigenvalue weighted by molar-refractivity contribution is 5.99. The van der Waals surface area contributed by atoms with Gasteiger partial charge in [-0.1, -0.05) is 6.92 Å². The van der Waals surface area contributed by atoms with Crippen LogP contribution in [0.2, 0.25) is 0 Å². The van der Waals surface area contributed by atoms with Crippen LogP contribution in [0.25, 0.3) is 0 Å². The van der Waals surface area contributed by atoms with Crippen LogP contribution in [0.15, 0.2) is 12.3 Å². The summed E-state index contributed by atoms with van der Waals surface area (Å²) in [6.45, 7) is 4.09. The quantitative estimate of drug-likeness (QED) is 0.575. The number of nitrogens with zero attached hydrogens (tertiary/aromatic N) is 3. The van der Waals surface area contributed by atoms with Crippen LogP contribution in [0, 0.1) is 11.3 Å². The Bertz CT molecular complexity index is 400. The third-order valence-electron chi connectivity index (χ3n) is 2.96. The highest BCUT2D eigenvalue weighted by Crippen LogP contribution is 2.31. The van der Waals surface area contributed by atoms with Gasteiger partial charge in [0.15, 0.2) is 5.82 Å². The van der Waals surface area contributed by atoms with Crippen molar-refractivity contribution in [3.63, 3.8) is 0 Å². The molecule has 0 bridgehead atoms. The molecule has 0 spiro atoms. The summed E-state index contributed by atoms with van der Waals surface area (Å²) in [6.07, 6.45) is 5.24. The summed E-state index contributed by atoms with van der Waals surface area (Å²) in [5, 5.41) is 15.7. The van der Waals surface area contributed by atoms with Gasteiger partial charge >= 0.3 is 0 Å². The third-order valence-corrected chi connectivity index (χ3v) is 2.96. The van der Waals surface area contributed by atoms with E-state index >= 15 is 0 Å². The number of hydrogen-bond acceptors (Lipinski definition) is 4. The molecule has 0 aliphatic heterocycles. The van der Waals surface area contributed by atoms with E-state index in [1.54, 1.807) is 12.3 Å². The van der Waals surface area contributed by atoms with Gasteiger partial charge in [0.25, 0.3) is 0 Å². The number of nitrogen functional groups attached to an aromatic ring is 1. The summed E-state index contributed by atoms with van der Waals surface area (Å²) in [4.78, 5) is 2.21. The Balaban J connectivity index is 2.23. The van der Waals surface area contributed by atoms with Crippen LogP contribution in [0.5, 0.6) is 0 Å². The van der Waals surface area contributed by atoms with Crippen LogP contribution in [0.3, 0.4) is 0 Å². The largest absolute Gasteiger partial charge is 0.384 e. The highest BCUT2D eigenvalue weighted by Gasteiger charge is 2.26. The molecule has 1 fully saturated rings. The number of rotatable bonds is 6. The molecular weight excluding hydrogens is 214 g/mol. The topological polar surface area (TPSA) is 78.9 Å². The minimum Gasteiger partial charge on any atom is -0.384 e. The predicted octanol–water partition coefficient (Wildman–Crippen LogP) is 1.39. The average Bonchev–Trinajstić information content (AvgIpc) is 3.12. The lowest BCUT2D eigenvalue weighted by Gasteiger charge is -2.24. The van der Waals surface area contributed by atoms with E-state index < -0.39 is 0 Å². The molecule has 92 valence electrons. The molecule has 1 aliphatic rings. The summed E-state index contributed by atoms with van der Waals surface area (Å²) in [7, 11) is 0. The highest BCUT2D eigenvalue weighted by atomic mass is 15.3. The molecule has 1 saturated carbocycles. The second-order valence-corrected chi connectivity index (χ2v) is 4.57. The fraction of sp³-hybridized carbons (Fsp3) is 0.583. The summed E-state index contributed by atoms with van der Waals surface area (Å²) >= 11 is 0. The van der Waals surface area contributed by atoms with Crippen LogP contribution in [0.1, 0.15) is 31.7 Å². The average molecular weight is 233 g/mol. The van der Waals surface area contributed by atoms with E-state index in [2.05, 4.69) is 22.0 Å². The maximum absolute atomic E-state index is 7.58. The molecule has 1 aromatic heterocycles. The van der Waals surface area contributed by atoms with E-state index in [-0.39, 0.29) is 5.84 Å². The summed E-state index contributed by atoms with van der Waals surface area (Å²) in [5.74, 6) is 1.60. The number of aromatic nitrogens is 2. The van der Waals surface area contributed by atoms with Gasteiger partial charge in [-0.3, -0.25) is 5.41 Å². The van der Waals surface area contributed by atoms with Crippen LogP contribution in [-0.2, 0) is 0 Å². The van der Waals surface area contributed by atoms with Crippen molar-refractivity contribution in [1.29, 1.82) is 5.41 Å². The van der Waals surface area contributed by atoms with Crippen LogP contribution in [0.4, 0.5) is 5.82 Å². The Morgan fingerprint density at radius 1 is 1.59 bits per heavy atom. The maximum atomic E-state index is 7.58. The summed E-state index contributed by atoms with van der Waals surface area (Å²) < 4.78 is 0. The van der Waals surface area contributed by atoms with Crippen molar-refractivity contribution in [2.24, 2.45) is 11.7 Å². The Labute approximate surface area is 102 Å². The zero-order chi connectivity index (χ0) is 12.3. The standard InChI is InChI=1S/C12H19N5/c1-2-7-17(8-9-3-4-9)12-10(11(13)14)5-6-15-16-12/h5-6,9H,2-4,7-8H2,1H3,(H3,13,14). The zero-order valence-electron chi connectivity index (χ0n) is 10.2. The second kappa shape index (κ2) is 5.12. The van der Waals surface area contributed by atoms with Gasteiger partial charge in [0.1, 0.15) is 5.84 Å². The van der Waals surface area contributed by atoms with Gasteiger partial charge in [0, 0.05) is 13.1 Å². The van der Waals surface area contributed by atoms with Gasteiger partial charge in [-0.05, 0) is 31.2 Å². The lowest BCUT2D eigenvalue weighted by Crippen LogP contribution is -2.30. The molecule has 1 aromatic rings. The normalized spacial score (nSPS) is 14.6. The lowest BCUT2D eigenvalue weighted by molar-refractivity contribution is 0.692. The van der Waals surface area contributed by atoms with Crippen molar-refractivity contribution in [2.45, 2.75) is 26.2 Å². The third kappa shape index (κ3) is 2.93. The molecule has 5 nitrogen and oxygen atoms in total. The fourth-order valence-corrected chi connectivity index (χ4v) is 1.93. The fourth-order valence-electron chi connectivity index (χ4n) is 1.93. The van der Waals surface area contributed by atoms with Crippen molar-refractivity contribution < 1.29 is 0 Å². The molecule has 5 heteroatoms. The van der Waals surface area contributed by atoms with E-state index in [1.165, 1.54) is 12.8 Å². The Morgan fingerprint density at radius 2 is 2.35 bits per heavy atom. The van der Waals surface area contributed by atoms with E-state index in [9.17, 15) is 0 Å². The number of anilines is 1. The monoisotopic (exact) mass is 233 g/mol. The van der Waals surface area contributed by atoms with Gasteiger partial charge < -0.3 is 10.6 Å². The number of nitrogens with one attached hydrogen (secondary N) is 1. The molecule has 1 aliphatic carbocycles. The zero-order valence-corrected chi connectivity index (χ0v) is 10.2. The predicted molar refractivity (Wildman–Crippen MR) is 68.3 cm³/mol. The van der Waals surface area contributed by atoms with E-state index in [0.717, 1.165) is 31.2 Å². The summed E-state index contributed by atoms with van der Waals surface area (Å²) in [5.41, 5.74) is 6.27. The van der Waals surface area contributed by atoms with Crippen molar-refractivity contribution in [3.8, 4) is 0 Å². The van der Waals surface area contributed by atoms with Crippen LogP contribution < -0.4 is 10.6 Å². The smallest absolute Gasteiger partial charge is 0.162 e. The van der Waals surface area contributed by atoms with Gasteiger partial charge in [0.2, 0.25) is 0 Å². The number of hydrogen-bond donors (Lipinski definition) is 2. The van der Waals surface area contributed by atoms with Crippen LogP contribution >= 0.6 is 0 Å². The first-order valence-corrected chi connectivity index (χ1v) is 6.13. The molecule has 0 amide bonds.